The van der Waals surface area contributed by atoms with Gasteiger partial charge in [0, 0.05) is 24.2 Å². The Kier molecular flexibility index (Phi) is 3.27. The van der Waals surface area contributed by atoms with E-state index in [1.54, 1.807) is 20.8 Å². The van der Waals surface area contributed by atoms with Gasteiger partial charge in [0.05, 0.1) is 5.69 Å². The Labute approximate surface area is 129 Å². The second-order valence-corrected chi connectivity index (χ2v) is 6.68. The monoisotopic (exact) mass is 304 g/mol. The number of carboxylic acids is 1. The summed E-state index contributed by atoms with van der Waals surface area (Å²) < 4.78 is 5.42. The van der Waals surface area contributed by atoms with Crippen molar-refractivity contribution in [3.8, 4) is 0 Å². The van der Waals surface area contributed by atoms with Crippen molar-refractivity contribution in [2.45, 2.75) is 45.3 Å². The van der Waals surface area contributed by atoms with Gasteiger partial charge in [0.2, 0.25) is 0 Å². The maximum absolute atomic E-state index is 12.6. The summed E-state index contributed by atoms with van der Waals surface area (Å²) >= 11 is 0. The van der Waals surface area contributed by atoms with E-state index < -0.39 is 23.7 Å². The lowest BCUT2D eigenvalue weighted by Gasteiger charge is -2.28. The Morgan fingerprint density at radius 3 is 2.73 bits per heavy atom. The van der Waals surface area contributed by atoms with Crippen LogP contribution in [0.25, 0.3) is 0 Å². The van der Waals surface area contributed by atoms with Gasteiger partial charge >= 0.3 is 12.1 Å². The summed E-state index contributed by atoms with van der Waals surface area (Å²) in [7, 11) is 0. The highest BCUT2D eigenvalue weighted by Gasteiger charge is 2.42. The van der Waals surface area contributed by atoms with E-state index in [1.807, 2.05) is 12.1 Å². The van der Waals surface area contributed by atoms with E-state index in [9.17, 15) is 14.7 Å². The molecule has 0 aliphatic carbocycles. The minimum atomic E-state index is -1.01. The standard InChI is InChI=1S/C16H20N2O4/c1-16(2,3)22-15(21)18-12(14(19)20)8-9-4-5-11-10(13(9)18)6-7-17-11/h4-5,12,17H,6-8H2,1-3H3,(H,19,20). The topological polar surface area (TPSA) is 78.9 Å². The molecule has 2 heterocycles. The normalized spacial score (nSPS) is 19.4. The van der Waals surface area contributed by atoms with E-state index in [4.69, 9.17) is 4.74 Å². The lowest BCUT2D eigenvalue weighted by atomic mass is 10.0. The van der Waals surface area contributed by atoms with E-state index in [2.05, 4.69) is 5.32 Å². The van der Waals surface area contributed by atoms with Crippen LogP contribution in [0.4, 0.5) is 16.2 Å². The smallest absolute Gasteiger partial charge is 0.415 e. The van der Waals surface area contributed by atoms with Crippen molar-refractivity contribution in [3.63, 3.8) is 0 Å². The number of carboxylic acid groups (broad SMARTS) is 1. The van der Waals surface area contributed by atoms with Gasteiger partial charge in [-0.2, -0.15) is 0 Å². The Balaban J connectivity index is 2.05. The molecule has 3 rings (SSSR count). The molecule has 2 aliphatic rings. The maximum atomic E-state index is 12.6. The van der Waals surface area contributed by atoms with Crippen molar-refractivity contribution in [2.24, 2.45) is 0 Å². The number of nitrogens with zero attached hydrogens (tertiary/aromatic N) is 1. The lowest BCUT2D eigenvalue weighted by molar-refractivity contribution is -0.138. The molecule has 0 fully saturated rings. The molecule has 6 heteroatoms. The van der Waals surface area contributed by atoms with E-state index in [1.165, 1.54) is 4.90 Å². The molecule has 0 spiro atoms. The zero-order valence-corrected chi connectivity index (χ0v) is 13.0. The van der Waals surface area contributed by atoms with Gasteiger partial charge in [0.1, 0.15) is 11.6 Å². The molecule has 0 saturated carbocycles. The number of hydrogen-bond acceptors (Lipinski definition) is 4. The number of aliphatic carboxylic acids is 1. The first-order valence-electron chi connectivity index (χ1n) is 7.41. The van der Waals surface area contributed by atoms with Crippen molar-refractivity contribution in [1.82, 2.24) is 0 Å². The Bertz CT molecular complexity index is 648. The van der Waals surface area contributed by atoms with Gasteiger partial charge in [0.25, 0.3) is 0 Å². The summed E-state index contributed by atoms with van der Waals surface area (Å²) in [5.41, 5.74) is 2.91. The molecule has 1 amide bonds. The zero-order valence-electron chi connectivity index (χ0n) is 13.0. The van der Waals surface area contributed by atoms with Gasteiger partial charge in [-0.05, 0) is 38.8 Å². The average Bonchev–Trinajstić information content (AvgIpc) is 2.99. The molecule has 0 bridgehead atoms. The number of ether oxygens (including phenoxy) is 1. The van der Waals surface area contributed by atoms with Crippen LogP contribution in [-0.4, -0.2) is 35.4 Å². The fraction of sp³-hybridized carbons (Fsp3) is 0.500. The van der Waals surface area contributed by atoms with Crippen LogP contribution in [-0.2, 0) is 22.4 Å². The highest BCUT2D eigenvalue weighted by atomic mass is 16.6. The molecule has 6 nitrogen and oxygen atoms in total. The molecular formula is C16H20N2O4. The molecule has 2 aliphatic heterocycles. The van der Waals surface area contributed by atoms with E-state index in [0.717, 1.165) is 29.8 Å². The van der Waals surface area contributed by atoms with Crippen LogP contribution in [0.1, 0.15) is 31.9 Å². The van der Waals surface area contributed by atoms with E-state index >= 15 is 0 Å². The van der Waals surface area contributed by atoms with E-state index in [-0.39, 0.29) is 0 Å². The quantitative estimate of drug-likeness (QED) is 0.833. The molecule has 1 atom stereocenters. The van der Waals surface area contributed by atoms with Gasteiger partial charge in [-0.25, -0.2) is 9.59 Å². The second-order valence-electron chi connectivity index (χ2n) is 6.68. The molecule has 118 valence electrons. The predicted molar refractivity (Wildman–Crippen MR) is 82.5 cm³/mol. The molecule has 1 unspecified atom stereocenters. The highest BCUT2D eigenvalue weighted by molar-refractivity contribution is 6.00. The molecule has 0 radical (unpaired) electrons. The fourth-order valence-electron chi connectivity index (χ4n) is 3.07. The number of hydrogen-bond donors (Lipinski definition) is 2. The van der Waals surface area contributed by atoms with Gasteiger partial charge in [-0.3, -0.25) is 4.90 Å². The first-order valence-corrected chi connectivity index (χ1v) is 7.41. The molecule has 1 aromatic carbocycles. The molecule has 2 N–H and O–H groups in total. The first-order chi connectivity index (χ1) is 10.3. The van der Waals surface area contributed by atoms with Crippen molar-refractivity contribution < 1.29 is 19.4 Å². The summed E-state index contributed by atoms with van der Waals surface area (Å²) in [4.78, 5) is 25.5. The number of rotatable bonds is 1. The molecule has 22 heavy (non-hydrogen) atoms. The van der Waals surface area contributed by atoms with E-state index in [0.29, 0.717) is 12.1 Å². The highest BCUT2D eigenvalue weighted by Crippen LogP contribution is 2.42. The molecule has 0 saturated heterocycles. The van der Waals surface area contributed by atoms with Crippen LogP contribution in [0.2, 0.25) is 0 Å². The van der Waals surface area contributed by atoms with Gasteiger partial charge in [-0.1, -0.05) is 6.07 Å². The SMILES string of the molecule is CC(C)(C)OC(=O)N1c2c(ccc3c2CCN3)CC1C(=O)O. The summed E-state index contributed by atoms with van der Waals surface area (Å²) in [5, 5.41) is 12.7. The summed E-state index contributed by atoms with van der Waals surface area (Å²) in [5.74, 6) is -1.01. The van der Waals surface area contributed by atoms with Crippen LogP contribution in [0, 0.1) is 0 Å². The summed E-state index contributed by atoms with van der Waals surface area (Å²) in [6, 6.07) is 2.95. The zero-order chi connectivity index (χ0) is 16.1. The van der Waals surface area contributed by atoms with Crippen LogP contribution in [0.3, 0.4) is 0 Å². The molecule has 0 aromatic heterocycles. The van der Waals surface area contributed by atoms with Crippen molar-refractivity contribution in [1.29, 1.82) is 0 Å². The fourth-order valence-corrected chi connectivity index (χ4v) is 3.07. The molecule has 1 aromatic rings. The lowest BCUT2D eigenvalue weighted by Crippen LogP contribution is -2.45. The third kappa shape index (κ3) is 2.38. The van der Waals surface area contributed by atoms with Crippen LogP contribution in [0.15, 0.2) is 12.1 Å². The number of amides is 1. The van der Waals surface area contributed by atoms with Crippen molar-refractivity contribution in [2.75, 3.05) is 16.8 Å². The largest absolute Gasteiger partial charge is 0.480 e. The van der Waals surface area contributed by atoms with Crippen molar-refractivity contribution >= 4 is 23.4 Å². The minimum Gasteiger partial charge on any atom is -0.480 e. The third-order valence-electron chi connectivity index (χ3n) is 3.90. The number of carbonyl (C=O) groups is 2. The summed E-state index contributed by atoms with van der Waals surface area (Å²) in [6.07, 6.45) is 0.500. The van der Waals surface area contributed by atoms with Crippen LogP contribution >= 0.6 is 0 Å². The first kappa shape index (κ1) is 14.7. The van der Waals surface area contributed by atoms with Crippen molar-refractivity contribution in [3.05, 3.63) is 23.3 Å². The minimum absolute atomic E-state index is 0.317. The molecular weight excluding hydrogens is 284 g/mol. The third-order valence-corrected chi connectivity index (χ3v) is 3.90. The maximum Gasteiger partial charge on any atom is 0.415 e. The van der Waals surface area contributed by atoms with Crippen LogP contribution < -0.4 is 10.2 Å². The van der Waals surface area contributed by atoms with Gasteiger partial charge in [-0.15, -0.1) is 0 Å². The number of benzene rings is 1. The Morgan fingerprint density at radius 1 is 1.36 bits per heavy atom. The number of fused-ring (bicyclic) bond motifs is 3. The summed E-state index contributed by atoms with van der Waals surface area (Å²) in [6.45, 7) is 6.11. The number of anilines is 2. The second kappa shape index (κ2) is 4.90. The van der Waals surface area contributed by atoms with Gasteiger partial charge < -0.3 is 15.2 Å². The van der Waals surface area contributed by atoms with Crippen LogP contribution in [0.5, 0.6) is 0 Å². The predicted octanol–water partition coefficient (Wildman–Crippen LogP) is 2.41. The number of carbonyl (C=O) groups excluding carboxylic acids is 1. The Hall–Kier alpha value is -2.24. The van der Waals surface area contributed by atoms with Gasteiger partial charge in [0.15, 0.2) is 0 Å². The Morgan fingerprint density at radius 2 is 2.09 bits per heavy atom. The average molecular weight is 304 g/mol. The number of nitrogens with one attached hydrogen (secondary N) is 1.